The molecule has 0 radical (unpaired) electrons. The van der Waals surface area contributed by atoms with Crippen LogP contribution < -0.4 is 11.1 Å². The van der Waals surface area contributed by atoms with Crippen LogP contribution in [0.2, 0.25) is 0 Å². The molecule has 1 aromatic heterocycles. The Morgan fingerprint density at radius 2 is 2.00 bits per heavy atom. The Hall–Kier alpha value is -1.89. The second kappa shape index (κ2) is 8.00. The van der Waals surface area contributed by atoms with Gasteiger partial charge in [0.1, 0.15) is 5.82 Å². The topological polar surface area (TPSA) is 76.2 Å². The van der Waals surface area contributed by atoms with Gasteiger partial charge in [-0.3, -0.25) is 9.69 Å². The van der Waals surface area contributed by atoms with Crippen LogP contribution in [0.4, 0.5) is 0 Å². The summed E-state index contributed by atoms with van der Waals surface area (Å²) >= 11 is 0. The highest BCUT2D eigenvalue weighted by Crippen LogP contribution is 2.56. The number of primary amides is 1. The van der Waals surface area contributed by atoms with Gasteiger partial charge in [-0.1, -0.05) is 12.1 Å². The smallest absolute Gasteiger partial charge is 0.248 e. The van der Waals surface area contributed by atoms with Crippen LogP contribution in [-0.4, -0.2) is 39.5 Å². The normalized spacial score (nSPS) is 20.4. The molecule has 27 heavy (non-hydrogen) atoms. The molecule has 1 aliphatic carbocycles. The maximum atomic E-state index is 11.3. The van der Waals surface area contributed by atoms with Crippen molar-refractivity contribution in [1.82, 2.24) is 19.8 Å². The third-order valence-electron chi connectivity index (χ3n) is 6.08. The summed E-state index contributed by atoms with van der Waals surface area (Å²) in [5.41, 5.74) is 7.60. The number of hydrogen-bond acceptors (Lipinski definition) is 4. The summed E-state index contributed by atoms with van der Waals surface area (Å²) < 4.78 is 2.10. The number of carbonyl (C=O) groups is 1. The number of hydrogen-bond donors (Lipinski definition) is 2. The molecule has 3 N–H and O–H groups in total. The maximum Gasteiger partial charge on any atom is 0.248 e. The van der Waals surface area contributed by atoms with Crippen LogP contribution >= 0.6 is 12.4 Å². The molecule has 4 rings (SSSR count). The quantitative estimate of drug-likeness (QED) is 0.793. The van der Waals surface area contributed by atoms with Crippen molar-refractivity contribution in [2.24, 2.45) is 18.2 Å². The van der Waals surface area contributed by atoms with Crippen LogP contribution in [0, 0.1) is 5.41 Å². The third-order valence-corrected chi connectivity index (χ3v) is 6.08. The summed E-state index contributed by atoms with van der Waals surface area (Å²) in [6.45, 7) is 3.97. The Labute approximate surface area is 166 Å². The van der Waals surface area contributed by atoms with Crippen LogP contribution in [0.15, 0.2) is 36.7 Å². The summed E-state index contributed by atoms with van der Waals surface area (Å²) in [6.07, 6.45) is 7.66. The highest BCUT2D eigenvalue weighted by atomic mass is 35.5. The van der Waals surface area contributed by atoms with Gasteiger partial charge in [0.15, 0.2) is 0 Å². The fraction of sp³-hybridized carbons (Fsp3) is 0.500. The first-order chi connectivity index (χ1) is 12.6. The Kier molecular flexibility index (Phi) is 5.89. The average molecular weight is 390 g/mol. The molecule has 1 atom stereocenters. The number of nitrogens with two attached hydrogens (primary N) is 1. The first-order valence-corrected chi connectivity index (χ1v) is 9.37. The molecule has 1 saturated heterocycles. The number of carbonyl (C=O) groups excluding carboxylic acids is 1. The van der Waals surface area contributed by atoms with E-state index in [4.69, 9.17) is 5.73 Å². The lowest BCUT2D eigenvalue weighted by molar-refractivity contribution is 0.100. The number of rotatable bonds is 6. The highest BCUT2D eigenvalue weighted by molar-refractivity contribution is 5.92. The number of amides is 1. The minimum atomic E-state index is -0.378. The van der Waals surface area contributed by atoms with E-state index in [2.05, 4.69) is 26.8 Å². The standard InChI is InChI=1S/C20H27N5O.ClH/c1-24-11-10-23-18(24)14-25(17-12-20(17)6-8-22-9-7-20)13-15-2-4-16(5-3-15)19(21)26;/h2-5,10-11,17,22H,6-9,12-14H2,1H3,(H2,21,26);1H. The molecule has 1 aromatic carbocycles. The average Bonchev–Trinajstić information content (AvgIpc) is 3.17. The van der Waals surface area contributed by atoms with Crippen molar-refractivity contribution < 1.29 is 4.79 Å². The molecular formula is C20H28ClN5O. The molecular weight excluding hydrogens is 362 g/mol. The molecule has 6 nitrogen and oxygen atoms in total. The van der Waals surface area contributed by atoms with Crippen molar-refractivity contribution in [1.29, 1.82) is 0 Å². The Morgan fingerprint density at radius 3 is 2.59 bits per heavy atom. The monoisotopic (exact) mass is 389 g/mol. The molecule has 1 saturated carbocycles. The Balaban J connectivity index is 0.00000210. The molecule has 1 amide bonds. The summed E-state index contributed by atoms with van der Waals surface area (Å²) in [5.74, 6) is 0.715. The van der Waals surface area contributed by atoms with Gasteiger partial charge in [0.25, 0.3) is 0 Å². The van der Waals surface area contributed by atoms with Gasteiger partial charge in [-0.25, -0.2) is 4.98 Å². The number of aryl methyl sites for hydroxylation is 1. The van der Waals surface area contributed by atoms with E-state index in [9.17, 15) is 4.79 Å². The highest BCUT2D eigenvalue weighted by Gasteiger charge is 2.56. The van der Waals surface area contributed by atoms with Gasteiger partial charge in [-0.05, 0) is 55.5 Å². The lowest BCUT2D eigenvalue weighted by Crippen LogP contribution is -2.36. The van der Waals surface area contributed by atoms with Gasteiger partial charge >= 0.3 is 0 Å². The minimum absolute atomic E-state index is 0. The predicted molar refractivity (Wildman–Crippen MR) is 108 cm³/mol. The van der Waals surface area contributed by atoms with Gasteiger partial charge in [-0.2, -0.15) is 0 Å². The van der Waals surface area contributed by atoms with Crippen molar-refractivity contribution in [3.8, 4) is 0 Å². The fourth-order valence-corrected chi connectivity index (χ4v) is 4.32. The summed E-state index contributed by atoms with van der Waals surface area (Å²) in [6, 6.07) is 8.29. The fourth-order valence-electron chi connectivity index (χ4n) is 4.32. The van der Waals surface area contributed by atoms with Gasteiger partial charge in [0.05, 0.1) is 6.54 Å². The van der Waals surface area contributed by atoms with Crippen LogP contribution in [0.1, 0.15) is 41.0 Å². The van der Waals surface area contributed by atoms with E-state index in [-0.39, 0.29) is 18.3 Å². The number of nitrogens with zero attached hydrogens (tertiary/aromatic N) is 3. The number of nitrogens with one attached hydrogen (secondary N) is 1. The molecule has 2 heterocycles. The molecule has 1 aliphatic heterocycles. The van der Waals surface area contributed by atoms with Crippen LogP contribution in [0.3, 0.4) is 0 Å². The molecule has 1 spiro atoms. The van der Waals surface area contributed by atoms with Crippen molar-refractivity contribution in [3.05, 3.63) is 53.6 Å². The number of aromatic nitrogens is 2. The van der Waals surface area contributed by atoms with E-state index in [1.165, 1.54) is 24.8 Å². The molecule has 2 fully saturated rings. The Bertz CT molecular complexity index is 782. The van der Waals surface area contributed by atoms with Crippen LogP contribution in [-0.2, 0) is 20.1 Å². The van der Waals surface area contributed by atoms with Crippen molar-refractivity contribution in [2.75, 3.05) is 13.1 Å². The van der Waals surface area contributed by atoms with E-state index in [0.717, 1.165) is 32.0 Å². The minimum Gasteiger partial charge on any atom is -0.366 e. The molecule has 146 valence electrons. The second-order valence-electron chi connectivity index (χ2n) is 7.75. The number of piperidine rings is 1. The van der Waals surface area contributed by atoms with E-state index < -0.39 is 0 Å². The summed E-state index contributed by atoms with van der Waals surface area (Å²) in [7, 11) is 2.05. The van der Waals surface area contributed by atoms with Crippen molar-refractivity contribution in [2.45, 2.75) is 38.4 Å². The summed E-state index contributed by atoms with van der Waals surface area (Å²) in [5, 5.41) is 3.48. The molecule has 7 heteroatoms. The SMILES string of the molecule is Cl.Cn1ccnc1CN(Cc1ccc(C(N)=O)cc1)C1CC12CCNCC2. The molecule has 2 aliphatic rings. The first-order valence-electron chi connectivity index (χ1n) is 9.37. The van der Waals surface area contributed by atoms with Crippen LogP contribution in [0.25, 0.3) is 0 Å². The van der Waals surface area contributed by atoms with Gasteiger partial charge < -0.3 is 15.6 Å². The van der Waals surface area contributed by atoms with E-state index >= 15 is 0 Å². The van der Waals surface area contributed by atoms with Crippen LogP contribution in [0.5, 0.6) is 0 Å². The number of benzene rings is 1. The van der Waals surface area contributed by atoms with E-state index in [1.807, 2.05) is 36.7 Å². The lowest BCUT2D eigenvalue weighted by Gasteiger charge is -2.29. The first kappa shape index (κ1) is 19.9. The molecule has 2 aromatic rings. The number of halogens is 1. The zero-order valence-corrected chi connectivity index (χ0v) is 16.5. The summed E-state index contributed by atoms with van der Waals surface area (Å²) in [4.78, 5) is 18.4. The second-order valence-corrected chi connectivity index (χ2v) is 7.75. The molecule has 0 bridgehead atoms. The van der Waals surface area contributed by atoms with E-state index in [1.54, 1.807) is 0 Å². The zero-order chi connectivity index (χ0) is 18.1. The Morgan fingerprint density at radius 1 is 1.30 bits per heavy atom. The van der Waals surface area contributed by atoms with Gasteiger partial charge in [0, 0.05) is 37.6 Å². The largest absolute Gasteiger partial charge is 0.366 e. The number of imidazole rings is 1. The predicted octanol–water partition coefficient (Wildman–Crippen LogP) is 2.09. The van der Waals surface area contributed by atoms with Crippen molar-refractivity contribution in [3.63, 3.8) is 0 Å². The third kappa shape index (κ3) is 4.18. The maximum absolute atomic E-state index is 11.3. The van der Waals surface area contributed by atoms with Gasteiger partial charge in [0.2, 0.25) is 5.91 Å². The van der Waals surface area contributed by atoms with Crippen molar-refractivity contribution >= 4 is 18.3 Å². The molecule has 1 unspecified atom stereocenters. The van der Waals surface area contributed by atoms with E-state index in [0.29, 0.717) is 17.0 Å². The van der Waals surface area contributed by atoms with Gasteiger partial charge in [-0.15, -0.1) is 12.4 Å². The zero-order valence-electron chi connectivity index (χ0n) is 15.7. The lowest BCUT2D eigenvalue weighted by atomic mass is 9.93.